The molecule has 1 aliphatic heterocycles. The maximum atomic E-state index is 6.03. The summed E-state index contributed by atoms with van der Waals surface area (Å²) in [6.45, 7) is 7.87. The van der Waals surface area contributed by atoms with Crippen molar-refractivity contribution in [1.29, 1.82) is 0 Å². The van der Waals surface area contributed by atoms with Crippen molar-refractivity contribution in [1.82, 2.24) is 9.97 Å². The Morgan fingerprint density at radius 3 is 2.86 bits per heavy atom. The number of hydrogen-bond donors (Lipinski definition) is 0. The second kappa shape index (κ2) is 4.68. The van der Waals surface area contributed by atoms with Gasteiger partial charge in [0.1, 0.15) is 17.4 Å². The molecule has 0 bridgehead atoms. The van der Waals surface area contributed by atoms with E-state index in [0.717, 1.165) is 41.0 Å². The average Bonchev–Trinajstić information content (AvgIpc) is 2.83. The van der Waals surface area contributed by atoms with Gasteiger partial charge in [0, 0.05) is 18.5 Å². The predicted molar refractivity (Wildman–Crippen MR) is 86.1 cm³/mol. The molecule has 1 atom stereocenters. The molecule has 4 rings (SSSR count). The number of furan rings is 1. The Kier molecular flexibility index (Phi) is 2.87. The normalized spacial score (nSPS) is 21.6. The lowest BCUT2D eigenvalue weighted by atomic mass is 10.1. The highest BCUT2D eigenvalue weighted by Crippen LogP contribution is 2.34. The number of morpholine rings is 1. The summed E-state index contributed by atoms with van der Waals surface area (Å²) in [6.07, 6.45) is 1.77. The lowest BCUT2D eigenvalue weighted by molar-refractivity contribution is -0.0751. The summed E-state index contributed by atoms with van der Waals surface area (Å²) in [4.78, 5) is 11.1. The minimum absolute atomic E-state index is 0.151. The van der Waals surface area contributed by atoms with E-state index >= 15 is 0 Å². The third-order valence-electron chi connectivity index (χ3n) is 4.01. The fourth-order valence-electron chi connectivity index (χ4n) is 3.35. The van der Waals surface area contributed by atoms with Crippen LogP contribution in [0.1, 0.15) is 20.8 Å². The van der Waals surface area contributed by atoms with Crippen molar-refractivity contribution in [2.45, 2.75) is 32.5 Å². The number of para-hydroxylation sites is 1. The Morgan fingerprint density at radius 2 is 2.05 bits per heavy atom. The maximum absolute atomic E-state index is 6.03. The first kappa shape index (κ1) is 13.5. The van der Waals surface area contributed by atoms with E-state index < -0.39 is 0 Å². The summed E-state index contributed by atoms with van der Waals surface area (Å²) in [6, 6.07) is 7.97. The number of fused-ring (bicyclic) bond motifs is 3. The van der Waals surface area contributed by atoms with Gasteiger partial charge in [0.25, 0.3) is 0 Å². The van der Waals surface area contributed by atoms with Crippen LogP contribution < -0.4 is 4.90 Å². The first-order valence-electron chi connectivity index (χ1n) is 7.58. The molecule has 0 radical (unpaired) electrons. The second-order valence-corrected chi connectivity index (χ2v) is 6.54. The van der Waals surface area contributed by atoms with Gasteiger partial charge in [-0.1, -0.05) is 12.1 Å². The molecular formula is C17H19N3O2. The number of aromatic nitrogens is 2. The van der Waals surface area contributed by atoms with Gasteiger partial charge in [-0.25, -0.2) is 9.97 Å². The molecule has 114 valence electrons. The Morgan fingerprint density at radius 1 is 1.23 bits per heavy atom. The quantitative estimate of drug-likeness (QED) is 0.689. The number of benzene rings is 1. The summed E-state index contributed by atoms with van der Waals surface area (Å²) < 4.78 is 12.0. The van der Waals surface area contributed by atoms with E-state index in [9.17, 15) is 0 Å². The Hall–Kier alpha value is -2.14. The molecule has 22 heavy (non-hydrogen) atoms. The average molecular weight is 297 g/mol. The van der Waals surface area contributed by atoms with Crippen LogP contribution in [0.2, 0.25) is 0 Å². The van der Waals surface area contributed by atoms with Crippen LogP contribution in [0, 0.1) is 0 Å². The maximum Gasteiger partial charge on any atom is 0.196 e. The highest BCUT2D eigenvalue weighted by atomic mass is 16.5. The van der Waals surface area contributed by atoms with E-state index in [1.165, 1.54) is 0 Å². The van der Waals surface area contributed by atoms with Crippen molar-refractivity contribution in [2.24, 2.45) is 0 Å². The van der Waals surface area contributed by atoms with Crippen molar-refractivity contribution in [3.8, 4) is 0 Å². The van der Waals surface area contributed by atoms with Gasteiger partial charge in [0.05, 0.1) is 11.7 Å². The van der Waals surface area contributed by atoms with E-state index in [1.807, 2.05) is 24.3 Å². The summed E-state index contributed by atoms with van der Waals surface area (Å²) in [5.41, 5.74) is 2.27. The van der Waals surface area contributed by atoms with E-state index in [1.54, 1.807) is 6.33 Å². The third kappa shape index (κ3) is 2.13. The molecule has 0 saturated carbocycles. The summed E-state index contributed by atoms with van der Waals surface area (Å²) >= 11 is 0. The topological polar surface area (TPSA) is 51.4 Å². The summed E-state index contributed by atoms with van der Waals surface area (Å²) in [5.74, 6) is 0.851. The van der Waals surface area contributed by atoms with Crippen LogP contribution in [-0.2, 0) is 4.74 Å². The van der Waals surface area contributed by atoms with Gasteiger partial charge in [0.2, 0.25) is 0 Å². The lowest BCUT2D eigenvalue weighted by Crippen LogP contribution is -2.52. The van der Waals surface area contributed by atoms with Crippen molar-refractivity contribution >= 4 is 27.9 Å². The molecule has 1 aliphatic rings. The number of hydrogen-bond acceptors (Lipinski definition) is 5. The number of rotatable bonds is 1. The van der Waals surface area contributed by atoms with Crippen molar-refractivity contribution in [3.63, 3.8) is 0 Å². The molecule has 1 saturated heterocycles. The zero-order chi connectivity index (χ0) is 15.3. The van der Waals surface area contributed by atoms with E-state index in [4.69, 9.17) is 9.15 Å². The summed E-state index contributed by atoms with van der Waals surface area (Å²) in [5, 5.41) is 1.03. The molecule has 5 heteroatoms. The molecule has 0 N–H and O–H groups in total. The van der Waals surface area contributed by atoms with E-state index in [0.29, 0.717) is 0 Å². The van der Waals surface area contributed by atoms with Crippen LogP contribution in [0.4, 0.5) is 5.82 Å². The van der Waals surface area contributed by atoms with Crippen molar-refractivity contribution in [2.75, 3.05) is 18.0 Å². The largest absolute Gasteiger partial charge is 0.450 e. The summed E-state index contributed by atoms with van der Waals surface area (Å²) in [7, 11) is 0. The molecule has 0 amide bonds. The van der Waals surface area contributed by atoms with Crippen LogP contribution in [0.25, 0.3) is 22.1 Å². The van der Waals surface area contributed by atoms with Crippen LogP contribution in [0.15, 0.2) is 35.0 Å². The molecule has 5 nitrogen and oxygen atoms in total. The van der Waals surface area contributed by atoms with Crippen LogP contribution in [0.3, 0.4) is 0 Å². The van der Waals surface area contributed by atoms with Gasteiger partial charge in [-0.05, 0) is 32.9 Å². The van der Waals surface area contributed by atoms with E-state index in [2.05, 4.69) is 35.6 Å². The molecule has 1 unspecified atom stereocenters. The smallest absolute Gasteiger partial charge is 0.196 e. The number of ether oxygens (including phenoxy) is 1. The molecule has 1 fully saturated rings. The molecular weight excluding hydrogens is 278 g/mol. The van der Waals surface area contributed by atoms with Gasteiger partial charge in [-0.3, -0.25) is 0 Å². The second-order valence-electron chi connectivity index (χ2n) is 6.54. The third-order valence-corrected chi connectivity index (χ3v) is 4.01. The van der Waals surface area contributed by atoms with Crippen LogP contribution in [0.5, 0.6) is 0 Å². The Labute approximate surface area is 128 Å². The van der Waals surface area contributed by atoms with Gasteiger partial charge in [-0.2, -0.15) is 0 Å². The SMILES string of the molecule is CC1CN(c2ncnc3c2oc2ccccc23)CC(C)(C)O1. The van der Waals surface area contributed by atoms with E-state index in [-0.39, 0.29) is 11.7 Å². The van der Waals surface area contributed by atoms with Crippen LogP contribution in [-0.4, -0.2) is 34.8 Å². The Balaban J connectivity index is 1.88. The van der Waals surface area contributed by atoms with Gasteiger partial charge < -0.3 is 14.1 Å². The zero-order valence-corrected chi connectivity index (χ0v) is 13.0. The molecule has 3 heterocycles. The fraction of sp³-hybridized carbons (Fsp3) is 0.412. The van der Waals surface area contributed by atoms with Crippen molar-refractivity contribution < 1.29 is 9.15 Å². The monoisotopic (exact) mass is 297 g/mol. The minimum Gasteiger partial charge on any atom is -0.450 e. The highest BCUT2D eigenvalue weighted by Gasteiger charge is 2.33. The predicted octanol–water partition coefficient (Wildman–Crippen LogP) is 3.38. The molecule has 3 aromatic rings. The van der Waals surface area contributed by atoms with Crippen LogP contribution >= 0.6 is 0 Å². The molecule has 1 aromatic carbocycles. The molecule has 0 aliphatic carbocycles. The highest BCUT2D eigenvalue weighted by molar-refractivity contribution is 6.05. The lowest BCUT2D eigenvalue weighted by Gasteiger charge is -2.42. The molecule has 2 aromatic heterocycles. The Bertz CT molecular complexity index is 840. The molecule has 0 spiro atoms. The van der Waals surface area contributed by atoms with Crippen molar-refractivity contribution in [3.05, 3.63) is 30.6 Å². The zero-order valence-electron chi connectivity index (χ0n) is 13.0. The van der Waals surface area contributed by atoms with Gasteiger partial charge in [0.15, 0.2) is 11.4 Å². The fourth-order valence-corrected chi connectivity index (χ4v) is 3.35. The first-order chi connectivity index (χ1) is 10.5. The minimum atomic E-state index is -0.207. The standard InChI is InChI=1S/C17H19N3O2/c1-11-8-20(9-17(2,3)22-11)16-15-14(18-10-19-16)12-6-4-5-7-13(12)21-15/h4-7,10-11H,8-9H2,1-3H3. The number of anilines is 1. The van der Waals surface area contributed by atoms with Gasteiger partial charge in [-0.15, -0.1) is 0 Å². The number of nitrogens with zero attached hydrogens (tertiary/aromatic N) is 3. The first-order valence-corrected chi connectivity index (χ1v) is 7.58. The van der Waals surface area contributed by atoms with Gasteiger partial charge >= 0.3 is 0 Å².